The van der Waals surface area contributed by atoms with Crippen LogP contribution in [0.25, 0.3) is 0 Å². The first-order valence-electron chi connectivity index (χ1n) is 5.67. The summed E-state index contributed by atoms with van der Waals surface area (Å²) < 4.78 is 1.43. The number of aryl methyl sites for hydroxylation is 1. The predicted octanol–water partition coefficient (Wildman–Crippen LogP) is 0.0109. The average molecular weight is 263 g/mol. The molecule has 0 spiro atoms. The monoisotopic (exact) mass is 263 g/mol. The van der Waals surface area contributed by atoms with Crippen LogP contribution < -0.4 is 5.32 Å². The number of hydrogen-bond donors (Lipinski definition) is 3. The molecule has 2 heterocycles. The maximum Gasteiger partial charge on any atom is 0.356 e. The third-order valence-electron chi connectivity index (χ3n) is 2.46. The number of H-pyrrole nitrogens is 1. The Morgan fingerprint density at radius 3 is 2.89 bits per heavy atom. The molecule has 8 nitrogen and oxygen atoms in total. The molecule has 2 aromatic rings. The van der Waals surface area contributed by atoms with Crippen LogP contribution in [0, 0.1) is 0 Å². The third-order valence-corrected chi connectivity index (χ3v) is 2.46. The van der Waals surface area contributed by atoms with E-state index < -0.39 is 5.97 Å². The van der Waals surface area contributed by atoms with Crippen LogP contribution in [-0.4, -0.2) is 37.0 Å². The SMILES string of the molecule is O=C(CCn1ccc(C(=O)O)n1)NCc1ccn[nH]1. The lowest BCUT2D eigenvalue weighted by Gasteiger charge is -2.03. The molecular formula is C11H13N5O3. The number of aromatic amines is 1. The van der Waals surface area contributed by atoms with Crippen LogP contribution in [0.4, 0.5) is 0 Å². The number of hydrogen-bond acceptors (Lipinski definition) is 4. The first-order chi connectivity index (χ1) is 9.15. The zero-order valence-electron chi connectivity index (χ0n) is 10.0. The first kappa shape index (κ1) is 12.8. The Labute approximate surface area is 108 Å². The number of carboxylic acid groups (broad SMARTS) is 1. The van der Waals surface area contributed by atoms with Crippen molar-refractivity contribution in [1.82, 2.24) is 25.3 Å². The highest BCUT2D eigenvalue weighted by Crippen LogP contribution is 1.97. The number of aromatic carboxylic acids is 1. The topological polar surface area (TPSA) is 113 Å². The van der Waals surface area contributed by atoms with E-state index >= 15 is 0 Å². The molecule has 19 heavy (non-hydrogen) atoms. The molecule has 0 bridgehead atoms. The van der Waals surface area contributed by atoms with Crippen molar-refractivity contribution in [3.63, 3.8) is 0 Å². The fraction of sp³-hybridized carbons (Fsp3) is 0.273. The summed E-state index contributed by atoms with van der Waals surface area (Å²) in [7, 11) is 0. The Hall–Kier alpha value is -2.64. The number of aromatic nitrogens is 4. The Balaban J connectivity index is 1.75. The van der Waals surface area contributed by atoms with Crippen molar-refractivity contribution in [2.75, 3.05) is 0 Å². The zero-order chi connectivity index (χ0) is 13.7. The van der Waals surface area contributed by atoms with Gasteiger partial charge in [-0.15, -0.1) is 0 Å². The van der Waals surface area contributed by atoms with Gasteiger partial charge < -0.3 is 10.4 Å². The Morgan fingerprint density at radius 2 is 2.26 bits per heavy atom. The molecule has 0 fully saturated rings. The van der Waals surface area contributed by atoms with Crippen molar-refractivity contribution in [3.05, 3.63) is 35.9 Å². The highest BCUT2D eigenvalue weighted by molar-refractivity contribution is 5.85. The molecule has 0 aliphatic rings. The third kappa shape index (κ3) is 3.66. The minimum absolute atomic E-state index is 0.0298. The van der Waals surface area contributed by atoms with Gasteiger partial charge in [0.05, 0.1) is 12.2 Å². The van der Waals surface area contributed by atoms with Crippen molar-refractivity contribution in [3.8, 4) is 0 Å². The van der Waals surface area contributed by atoms with Crippen molar-refractivity contribution in [2.45, 2.75) is 19.5 Å². The van der Waals surface area contributed by atoms with Gasteiger partial charge in [0.25, 0.3) is 0 Å². The lowest BCUT2D eigenvalue weighted by molar-refractivity contribution is -0.121. The van der Waals surface area contributed by atoms with E-state index in [1.54, 1.807) is 12.3 Å². The van der Waals surface area contributed by atoms with E-state index in [0.717, 1.165) is 5.69 Å². The number of rotatable bonds is 6. The summed E-state index contributed by atoms with van der Waals surface area (Å²) in [5.41, 5.74) is 0.790. The summed E-state index contributed by atoms with van der Waals surface area (Å²) >= 11 is 0. The Kier molecular flexibility index (Phi) is 3.91. The molecule has 0 aliphatic carbocycles. The second-order valence-electron chi connectivity index (χ2n) is 3.88. The summed E-state index contributed by atoms with van der Waals surface area (Å²) in [6.45, 7) is 0.723. The van der Waals surface area contributed by atoms with Crippen LogP contribution in [-0.2, 0) is 17.9 Å². The fourth-order valence-electron chi connectivity index (χ4n) is 1.48. The highest BCUT2D eigenvalue weighted by atomic mass is 16.4. The van der Waals surface area contributed by atoms with Crippen LogP contribution in [0.3, 0.4) is 0 Å². The van der Waals surface area contributed by atoms with Gasteiger partial charge in [-0.1, -0.05) is 0 Å². The summed E-state index contributed by atoms with van der Waals surface area (Å²) in [5, 5.41) is 21.7. The number of nitrogens with zero attached hydrogens (tertiary/aromatic N) is 3. The summed E-state index contributed by atoms with van der Waals surface area (Å²) in [4.78, 5) is 22.2. The van der Waals surface area contributed by atoms with Crippen LogP contribution >= 0.6 is 0 Å². The van der Waals surface area contributed by atoms with Crippen molar-refractivity contribution < 1.29 is 14.7 Å². The van der Waals surface area contributed by atoms with E-state index in [-0.39, 0.29) is 18.0 Å². The number of amides is 1. The minimum Gasteiger partial charge on any atom is -0.476 e. The van der Waals surface area contributed by atoms with Crippen LogP contribution in [0.1, 0.15) is 22.6 Å². The number of carboxylic acids is 1. The van der Waals surface area contributed by atoms with Gasteiger partial charge in [-0.05, 0) is 12.1 Å². The Bertz CT molecular complexity index is 561. The number of carbonyl (C=O) groups excluding carboxylic acids is 1. The van der Waals surface area contributed by atoms with E-state index in [1.807, 2.05) is 0 Å². The molecule has 1 amide bonds. The molecule has 0 saturated heterocycles. The van der Waals surface area contributed by atoms with Gasteiger partial charge in [0.2, 0.25) is 5.91 Å². The van der Waals surface area contributed by atoms with E-state index in [2.05, 4.69) is 20.6 Å². The van der Waals surface area contributed by atoms with Crippen molar-refractivity contribution in [1.29, 1.82) is 0 Å². The second kappa shape index (κ2) is 5.80. The molecule has 8 heteroatoms. The summed E-state index contributed by atoms with van der Waals surface area (Å²) in [6, 6.07) is 3.16. The van der Waals surface area contributed by atoms with Gasteiger partial charge in [-0.25, -0.2) is 4.79 Å². The van der Waals surface area contributed by atoms with Crippen molar-refractivity contribution >= 4 is 11.9 Å². The maximum absolute atomic E-state index is 11.5. The van der Waals surface area contributed by atoms with Crippen LogP contribution in [0.15, 0.2) is 24.5 Å². The highest BCUT2D eigenvalue weighted by Gasteiger charge is 2.08. The lowest BCUT2D eigenvalue weighted by Crippen LogP contribution is -2.24. The average Bonchev–Trinajstić information content (AvgIpc) is 3.05. The molecule has 0 aliphatic heterocycles. The standard InChI is InChI=1S/C11H13N5O3/c17-10(12-7-8-1-4-13-14-8)3-6-16-5-2-9(15-16)11(18)19/h1-2,4-5H,3,6-7H2,(H,12,17)(H,13,14)(H,18,19). The summed E-state index contributed by atoms with van der Waals surface area (Å²) in [6.07, 6.45) is 3.37. The predicted molar refractivity (Wildman–Crippen MR) is 64.2 cm³/mol. The smallest absolute Gasteiger partial charge is 0.356 e. The second-order valence-corrected chi connectivity index (χ2v) is 3.88. The van der Waals surface area contributed by atoms with Crippen LogP contribution in [0.2, 0.25) is 0 Å². The number of nitrogens with one attached hydrogen (secondary N) is 2. The normalized spacial score (nSPS) is 10.3. The van der Waals surface area contributed by atoms with E-state index in [1.165, 1.54) is 16.9 Å². The van der Waals surface area contributed by atoms with Gasteiger partial charge in [0.1, 0.15) is 0 Å². The van der Waals surface area contributed by atoms with Gasteiger partial charge in [0.15, 0.2) is 5.69 Å². The van der Waals surface area contributed by atoms with Gasteiger partial charge in [-0.3, -0.25) is 14.6 Å². The minimum atomic E-state index is -1.08. The lowest BCUT2D eigenvalue weighted by atomic mass is 10.3. The summed E-state index contributed by atoms with van der Waals surface area (Å²) in [5.74, 6) is -1.22. The van der Waals surface area contributed by atoms with E-state index in [0.29, 0.717) is 13.1 Å². The maximum atomic E-state index is 11.5. The molecule has 0 aromatic carbocycles. The fourth-order valence-corrected chi connectivity index (χ4v) is 1.48. The van der Waals surface area contributed by atoms with Gasteiger partial charge in [0, 0.05) is 25.4 Å². The molecule has 2 aromatic heterocycles. The molecule has 0 atom stereocenters. The number of carbonyl (C=O) groups is 2. The van der Waals surface area contributed by atoms with E-state index in [9.17, 15) is 9.59 Å². The largest absolute Gasteiger partial charge is 0.476 e. The van der Waals surface area contributed by atoms with Gasteiger partial charge in [-0.2, -0.15) is 10.2 Å². The quantitative estimate of drug-likeness (QED) is 0.679. The first-order valence-corrected chi connectivity index (χ1v) is 5.67. The zero-order valence-corrected chi connectivity index (χ0v) is 10.0. The molecule has 2 rings (SSSR count). The van der Waals surface area contributed by atoms with E-state index in [4.69, 9.17) is 5.11 Å². The van der Waals surface area contributed by atoms with Gasteiger partial charge >= 0.3 is 5.97 Å². The van der Waals surface area contributed by atoms with Crippen molar-refractivity contribution in [2.24, 2.45) is 0 Å². The molecule has 0 unspecified atom stereocenters. The Morgan fingerprint density at radius 1 is 1.42 bits per heavy atom. The molecule has 3 N–H and O–H groups in total. The molecule has 0 radical (unpaired) electrons. The molecule has 100 valence electrons. The van der Waals surface area contributed by atoms with Crippen LogP contribution in [0.5, 0.6) is 0 Å². The molecular weight excluding hydrogens is 250 g/mol. The molecule has 0 saturated carbocycles.